The van der Waals surface area contributed by atoms with Crippen molar-refractivity contribution in [2.45, 2.75) is 53.4 Å². The van der Waals surface area contributed by atoms with Gasteiger partial charge in [-0.25, -0.2) is 0 Å². The van der Waals surface area contributed by atoms with E-state index in [0.29, 0.717) is 5.56 Å². The van der Waals surface area contributed by atoms with Crippen LogP contribution < -0.4 is 5.32 Å². The molecule has 1 rings (SSSR count). The van der Waals surface area contributed by atoms with Crippen molar-refractivity contribution in [3.63, 3.8) is 0 Å². The van der Waals surface area contributed by atoms with Gasteiger partial charge in [0, 0.05) is 30.3 Å². The van der Waals surface area contributed by atoms with Crippen LogP contribution in [0.4, 0.5) is 5.69 Å². The lowest BCUT2D eigenvalue weighted by Gasteiger charge is -2.21. The minimum absolute atomic E-state index is 0.0425. The molecule has 1 N–H and O–H groups in total. The lowest BCUT2D eigenvalue weighted by molar-refractivity contribution is -0.120. The number of benzene rings is 1. The minimum atomic E-state index is 0.0425. The van der Waals surface area contributed by atoms with Gasteiger partial charge in [-0.05, 0) is 49.9 Å². The van der Waals surface area contributed by atoms with Crippen LogP contribution in [-0.4, -0.2) is 29.8 Å². The van der Waals surface area contributed by atoms with E-state index in [-0.39, 0.29) is 17.7 Å². The van der Waals surface area contributed by atoms with Crippen molar-refractivity contribution in [3.05, 3.63) is 29.8 Å². The highest BCUT2D eigenvalue weighted by Gasteiger charge is 2.16. The molecular weight excluding hydrogens is 288 g/mol. The summed E-state index contributed by atoms with van der Waals surface area (Å²) < 4.78 is 0. The van der Waals surface area contributed by atoms with Gasteiger partial charge >= 0.3 is 0 Å². The monoisotopic (exact) mass is 318 g/mol. The second kappa shape index (κ2) is 10.0. The van der Waals surface area contributed by atoms with E-state index >= 15 is 0 Å². The highest BCUT2D eigenvalue weighted by atomic mass is 16.2. The molecule has 23 heavy (non-hydrogen) atoms. The molecule has 4 heteroatoms. The predicted molar refractivity (Wildman–Crippen MR) is 95.6 cm³/mol. The molecule has 0 aliphatic heterocycles. The van der Waals surface area contributed by atoms with Crippen molar-refractivity contribution in [1.82, 2.24) is 4.90 Å². The Bertz CT molecular complexity index is 487. The second-order valence-electron chi connectivity index (χ2n) is 5.87. The molecule has 0 radical (unpaired) electrons. The van der Waals surface area contributed by atoms with E-state index in [2.05, 4.69) is 19.2 Å². The van der Waals surface area contributed by atoms with Crippen LogP contribution in [0.25, 0.3) is 0 Å². The first-order chi connectivity index (χ1) is 11.1. The van der Waals surface area contributed by atoms with Crippen LogP contribution in [0.1, 0.15) is 63.7 Å². The fourth-order valence-electron chi connectivity index (χ4n) is 2.64. The number of amides is 2. The summed E-state index contributed by atoms with van der Waals surface area (Å²) in [5, 5.41) is 2.93. The Balaban J connectivity index is 2.75. The van der Waals surface area contributed by atoms with Crippen molar-refractivity contribution in [1.29, 1.82) is 0 Å². The lowest BCUT2D eigenvalue weighted by Crippen LogP contribution is -2.32. The van der Waals surface area contributed by atoms with Crippen molar-refractivity contribution >= 4 is 17.5 Å². The van der Waals surface area contributed by atoms with Gasteiger partial charge in [0.15, 0.2) is 0 Å². The Hall–Kier alpha value is -1.84. The number of hydrogen-bond acceptors (Lipinski definition) is 2. The van der Waals surface area contributed by atoms with E-state index in [1.165, 1.54) is 0 Å². The summed E-state index contributed by atoms with van der Waals surface area (Å²) in [5.41, 5.74) is 1.42. The van der Waals surface area contributed by atoms with Crippen LogP contribution in [0.2, 0.25) is 0 Å². The second-order valence-corrected chi connectivity index (χ2v) is 5.87. The predicted octanol–water partition coefficient (Wildman–Crippen LogP) is 4.32. The number of carbonyl (C=O) groups excluding carboxylic acids is 2. The normalized spacial score (nSPS) is 10.7. The fourth-order valence-corrected chi connectivity index (χ4v) is 2.64. The zero-order valence-electron chi connectivity index (χ0n) is 14.9. The Kier molecular flexibility index (Phi) is 8.38. The van der Waals surface area contributed by atoms with E-state index in [9.17, 15) is 9.59 Å². The number of nitrogens with one attached hydrogen (secondary N) is 1. The van der Waals surface area contributed by atoms with Crippen LogP contribution >= 0.6 is 0 Å². The van der Waals surface area contributed by atoms with Crippen molar-refractivity contribution < 1.29 is 9.59 Å². The molecule has 0 aliphatic carbocycles. The average Bonchev–Trinajstić information content (AvgIpc) is 2.56. The Morgan fingerprint density at radius 2 is 1.48 bits per heavy atom. The van der Waals surface area contributed by atoms with Gasteiger partial charge in [0.1, 0.15) is 0 Å². The standard InChI is InChI=1S/C19H30N2O2/c1-5-13-21(14-6-2)19(23)16-9-11-17(12-10-16)20-18(22)15(7-3)8-4/h9-12,15H,5-8,13-14H2,1-4H3,(H,20,22). The summed E-state index contributed by atoms with van der Waals surface area (Å²) in [7, 11) is 0. The Morgan fingerprint density at radius 1 is 0.957 bits per heavy atom. The third-order valence-electron chi connectivity index (χ3n) is 4.03. The Labute approximate surface area is 140 Å². The number of carbonyl (C=O) groups is 2. The van der Waals surface area contributed by atoms with E-state index in [1.807, 2.05) is 30.9 Å². The smallest absolute Gasteiger partial charge is 0.253 e. The molecule has 0 saturated carbocycles. The quantitative estimate of drug-likeness (QED) is 0.737. The molecule has 1 aromatic rings. The summed E-state index contributed by atoms with van der Waals surface area (Å²) in [5.74, 6) is 0.153. The minimum Gasteiger partial charge on any atom is -0.339 e. The summed E-state index contributed by atoms with van der Waals surface area (Å²) >= 11 is 0. The molecular formula is C19H30N2O2. The van der Waals surface area contributed by atoms with Gasteiger partial charge in [-0.1, -0.05) is 27.7 Å². The maximum atomic E-state index is 12.5. The van der Waals surface area contributed by atoms with Crippen LogP contribution in [0.3, 0.4) is 0 Å². The van der Waals surface area contributed by atoms with Gasteiger partial charge in [0.2, 0.25) is 5.91 Å². The molecule has 128 valence electrons. The number of rotatable bonds is 9. The van der Waals surface area contributed by atoms with Crippen LogP contribution in [0.5, 0.6) is 0 Å². The maximum Gasteiger partial charge on any atom is 0.253 e. The lowest BCUT2D eigenvalue weighted by atomic mass is 10.0. The van der Waals surface area contributed by atoms with E-state index in [4.69, 9.17) is 0 Å². The zero-order valence-corrected chi connectivity index (χ0v) is 14.9. The third kappa shape index (κ3) is 5.70. The summed E-state index contributed by atoms with van der Waals surface area (Å²) in [6, 6.07) is 7.21. The molecule has 1 aromatic carbocycles. The molecule has 2 amide bonds. The molecule has 0 fully saturated rings. The van der Waals surface area contributed by atoms with Gasteiger partial charge in [0.05, 0.1) is 0 Å². The zero-order chi connectivity index (χ0) is 17.2. The molecule has 0 aromatic heterocycles. The summed E-state index contributed by atoms with van der Waals surface area (Å²) in [4.78, 5) is 26.5. The topological polar surface area (TPSA) is 49.4 Å². The molecule has 0 unspecified atom stereocenters. The van der Waals surface area contributed by atoms with Gasteiger partial charge in [-0.3, -0.25) is 9.59 Å². The van der Waals surface area contributed by atoms with Gasteiger partial charge in [0.25, 0.3) is 5.91 Å². The van der Waals surface area contributed by atoms with Crippen molar-refractivity contribution in [3.8, 4) is 0 Å². The van der Waals surface area contributed by atoms with Crippen LogP contribution in [-0.2, 0) is 4.79 Å². The van der Waals surface area contributed by atoms with E-state index in [0.717, 1.165) is 44.5 Å². The Morgan fingerprint density at radius 3 is 1.91 bits per heavy atom. The van der Waals surface area contributed by atoms with Gasteiger partial charge < -0.3 is 10.2 Å². The summed E-state index contributed by atoms with van der Waals surface area (Å²) in [6.45, 7) is 9.75. The van der Waals surface area contributed by atoms with Gasteiger partial charge in [-0.2, -0.15) is 0 Å². The molecule has 0 spiro atoms. The summed E-state index contributed by atoms with van der Waals surface area (Å²) in [6.07, 6.45) is 3.58. The fraction of sp³-hybridized carbons (Fsp3) is 0.579. The molecule has 0 saturated heterocycles. The highest BCUT2D eigenvalue weighted by molar-refractivity contribution is 5.96. The first-order valence-corrected chi connectivity index (χ1v) is 8.77. The van der Waals surface area contributed by atoms with Crippen molar-refractivity contribution in [2.24, 2.45) is 5.92 Å². The third-order valence-corrected chi connectivity index (χ3v) is 4.03. The molecule has 0 atom stereocenters. The van der Waals surface area contributed by atoms with E-state index < -0.39 is 0 Å². The number of hydrogen-bond donors (Lipinski definition) is 1. The highest BCUT2D eigenvalue weighted by Crippen LogP contribution is 2.15. The average molecular weight is 318 g/mol. The molecule has 0 heterocycles. The SMILES string of the molecule is CCCN(CCC)C(=O)c1ccc(NC(=O)C(CC)CC)cc1. The maximum absolute atomic E-state index is 12.5. The van der Waals surface area contributed by atoms with Crippen LogP contribution in [0.15, 0.2) is 24.3 Å². The van der Waals surface area contributed by atoms with Crippen molar-refractivity contribution in [2.75, 3.05) is 18.4 Å². The largest absolute Gasteiger partial charge is 0.339 e. The number of anilines is 1. The molecule has 4 nitrogen and oxygen atoms in total. The number of nitrogens with zero attached hydrogens (tertiary/aromatic N) is 1. The van der Waals surface area contributed by atoms with Crippen LogP contribution in [0, 0.1) is 5.92 Å². The first-order valence-electron chi connectivity index (χ1n) is 8.77. The molecule has 0 aliphatic rings. The first kappa shape index (κ1) is 19.2. The van der Waals surface area contributed by atoms with E-state index in [1.54, 1.807) is 12.1 Å². The van der Waals surface area contributed by atoms with Gasteiger partial charge in [-0.15, -0.1) is 0 Å². The molecule has 0 bridgehead atoms.